The Morgan fingerprint density at radius 2 is 0.984 bits per heavy atom. The maximum absolute atomic E-state index is 12.2. The van der Waals surface area contributed by atoms with Crippen LogP contribution >= 0.6 is 0 Å². The van der Waals surface area contributed by atoms with E-state index in [1.54, 1.807) is 0 Å². The molecule has 1 aliphatic rings. The molecule has 0 spiro atoms. The van der Waals surface area contributed by atoms with E-state index < -0.39 is 0 Å². The van der Waals surface area contributed by atoms with Crippen LogP contribution in [-0.2, 0) is 0 Å². The molecule has 9 aromatic rings. The standard InChI is InChI=1S/C56H50N2O4/c1-34-26-27-42-41-18-8-13-23-49(41)58(50(42)30-34)52-32-36(3)29-46(56(52)60)44-20-10-15-25-54(44)62-38(5)33-37(4)61-53-24-14-9-19-43(53)45-28-35(2)31-51(55(45)59)57-47-21-11-6-16-39(47)40-17-7-12-22-48(40)57/h6-25,27-32,34,37-38,59-60H,26,33H2,1-5H3/t34?,37?,38-/m0/s1. The van der Waals surface area contributed by atoms with Gasteiger partial charge in [0.25, 0.3) is 0 Å². The van der Waals surface area contributed by atoms with Crippen molar-refractivity contribution in [2.45, 2.75) is 59.7 Å². The third kappa shape index (κ3) is 6.76. The fourth-order valence-corrected chi connectivity index (χ4v) is 9.60. The number of hydrogen-bond donors (Lipinski definition) is 2. The van der Waals surface area contributed by atoms with Gasteiger partial charge in [0.2, 0.25) is 0 Å². The molecule has 0 saturated heterocycles. The van der Waals surface area contributed by atoms with Crippen LogP contribution in [0, 0.1) is 19.8 Å². The number of ether oxygens (including phenoxy) is 2. The Morgan fingerprint density at radius 1 is 0.548 bits per heavy atom. The summed E-state index contributed by atoms with van der Waals surface area (Å²) in [6.45, 7) is 10.5. The zero-order valence-corrected chi connectivity index (χ0v) is 35.8. The van der Waals surface area contributed by atoms with Crippen LogP contribution in [0.5, 0.6) is 23.0 Å². The van der Waals surface area contributed by atoms with E-state index in [9.17, 15) is 10.2 Å². The van der Waals surface area contributed by atoms with Crippen LogP contribution in [-0.4, -0.2) is 31.6 Å². The molecule has 2 N–H and O–H groups in total. The SMILES string of the molecule is Cc1cc(-c2ccccc2O[C@@H](C)CC(C)Oc2ccccc2-c2cc(C)cc(-n3c4ccccc4c4ccccc43)c2O)c(O)c(-n2c3c(c4ccccc42)=CCC(C)C=3)c1. The summed E-state index contributed by atoms with van der Waals surface area (Å²) in [7, 11) is 0. The zero-order chi connectivity index (χ0) is 42.6. The number of nitrogens with zero attached hydrogens (tertiary/aromatic N) is 2. The highest BCUT2D eigenvalue weighted by Gasteiger charge is 2.23. The van der Waals surface area contributed by atoms with Crippen LogP contribution in [0.15, 0.2) is 146 Å². The van der Waals surface area contributed by atoms with Crippen LogP contribution in [0.1, 0.15) is 44.7 Å². The van der Waals surface area contributed by atoms with Gasteiger partial charge in [0.15, 0.2) is 0 Å². The van der Waals surface area contributed by atoms with Gasteiger partial charge in [-0.3, -0.25) is 0 Å². The molecule has 7 aromatic carbocycles. The maximum atomic E-state index is 12.2. The summed E-state index contributed by atoms with van der Waals surface area (Å²) in [5, 5.41) is 30.2. The molecular weight excluding hydrogens is 765 g/mol. The Balaban J connectivity index is 0.938. The van der Waals surface area contributed by atoms with Gasteiger partial charge in [-0.05, 0) is 106 Å². The monoisotopic (exact) mass is 814 g/mol. The van der Waals surface area contributed by atoms with Crippen LogP contribution in [0.2, 0.25) is 0 Å². The molecule has 0 radical (unpaired) electrons. The molecule has 2 aromatic heterocycles. The molecule has 0 amide bonds. The highest BCUT2D eigenvalue weighted by atomic mass is 16.5. The molecule has 0 aliphatic heterocycles. The van der Waals surface area contributed by atoms with Crippen molar-refractivity contribution in [3.05, 3.63) is 167 Å². The molecule has 0 fully saturated rings. The number of phenolic OH excluding ortho intramolecular Hbond substituents is 2. The molecular formula is C56H50N2O4. The van der Waals surface area contributed by atoms with E-state index in [0.29, 0.717) is 29.4 Å². The van der Waals surface area contributed by atoms with E-state index >= 15 is 0 Å². The number of hydrogen-bond acceptors (Lipinski definition) is 4. The first-order chi connectivity index (χ1) is 30.1. The lowest BCUT2D eigenvalue weighted by molar-refractivity contribution is 0.131. The first-order valence-electron chi connectivity index (χ1n) is 21.6. The summed E-state index contributed by atoms with van der Waals surface area (Å²) in [5.74, 6) is 2.17. The summed E-state index contributed by atoms with van der Waals surface area (Å²) >= 11 is 0. The second-order valence-electron chi connectivity index (χ2n) is 17.1. The van der Waals surface area contributed by atoms with Crippen molar-refractivity contribution in [1.29, 1.82) is 0 Å². The first kappa shape index (κ1) is 39.0. The Labute approximate surface area is 361 Å². The van der Waals surface area contributed by atoms with Gasteiger partial charge in [0, 0.05) is 50.1 Å². The average Bonchev–Trinajstić information content (AvgIpc) is 3.78. The molecule has 2 unspecified atom stereocenters. The molecule has 0 saturated carbocycles. The van der Waals surface area contributed by atoms with Crippen LogP contribution in [0.25, 0.3) is 78.5 Å². The van der Waals surface area contributed by atoms with Crippen molar-refractivity contribution < 1.29 is 19.7 Å². The van der Waals surface area contributed by atoms with E-state index in [1.807, 2.05) is 78.9 Å². The first-order valence-corrected chi connectivity index (χ1v) is 21.6. The molecule has 6 nitrogen and oxygen atoms in total. The predicted molar refractivity (Wildman–Crippen MR) is 254 cm³/mol. The zero-order valence-electron chi connectivity index (χ0n) is 35.8. The number of aryl methyl sites for hydroxylation is 2. The van der Waals surface area contributed by atoms with Gasteiger partial charge in [-0.15, -0.1) is 0 Å². The fourth-order valence-electron chi connectivity index (χ4n) is 9.60. The number of phenols is 2. The Bertz CT molecular complexity index is 3260. The number of fused-ring (bicyclic) bond motifs is 6. The van der Waals surface area contributed by atoms with Gasteiger partial charge in [-0.2, -0.15) is 0 Å². The second-order valence-corrected chi connectivity index (χ2v) is 17.1. The van der Waals surface area contributed by atoms with Gasteiger partial charge in [-0.1, -0.05) is 110 Å². The molecule has 62 heavy (non-hydrogen) atoms. The molecule has 10 rings (SSSR count). The Hall–Kier alpha value is -7.18. The van der Waals surface area contributed by atoms with Crippen LogP contribution in [0.4, 0.5) is 0 Å². The summed E-state index contributed by atoms with van der Waals surface area (Å²) in [5.41, 5.74) is 9.74. The number of aromatic nitrogens is 2. The van der Waals surface area contributed by atoms with Crippen molar-refractivity contribution in [3.8, 4) is 56.6 Å². The van der Waals surface area contributed by atoms with Gasteiger partial charge < -0.3 is 28.8 Å². The van der Waals surface area contributed by atoms with E-state index in [1.165, 1.54) is 10.6 Å². The Kier molecular flexibility index (Phi) is 9.87. The van der Waals surface area contributed by atoms with Gasteiger partial charge in [0.1, 0.15) is 23.0 Å². The molecule has 0 bridgehead atoms. The number of para-hydroxylation sites is 5. The third-order valence-electron chi connectivity index (χ3n) is 12.3. The highest BCUT2D eigenvalue weighted by Crippen LogP contribution is 2.44. The predicted octanol–water partition coefficient (Wildman–Crippen LogP) is 12.3. The molecule has 3 atom stereocenters. The quantitative estimate of drug-likeness (QED) is 0.144. The topological polar surface area (TPSA) is 68.8 Å². The smallest absolute Gasteiger partial charge is 0.147 e. The van der Waals surface area contributed by atoms with Gasteiger partial charge in [-0.25, -0.2) is 0 Å². The van der Waals surface area contributed by atoms with Crippen molar-refractivity contribution in [1.82, 2.24) is 9.13 Å². The molecule has 1 aliphatic carbocycles. The normalized spacial score (nSPS) is 14.6. The van der Waals surface area contributed by atoms with E-state index in [-0.39, 0.29) is 23.7 Å². The van der Waals surface area contributed by atoms with E-state index in [2.05, 4.69) is 123 Å². The highest BCUT2D eigenvalue weighted by molar-refractivity contribution is 6.09. The lowest BCUT2D eigenvalue weighted by Gasteiger charge is -2.24. The number of aromatic hydroxyl groups is 2. The summed E-state index contributed by atoms with van der Waals surface area (Å²) in [4.78, 5) is 0. The molecule has 308 valence electrons. The molecule has 6 heteroatoms. The van der Waals surface area contributed by atoms with Gasteiger partial charge >= 0.3 is 0 Å². The minimum absolute atomic E-state index is 0.192. The Morgan fingerprint density at radius 3 is 1.52 bits per heavy atom. The summed E-state index contributed by atoms with van der Waals surface area (Å²) in [6, 6.07) is 49.2. The van der Waals surface area contributed by atoms with Crippen molar-refractivity contribution >= 4 is 44.9 Å². The lowest BCUT2D eigenvalue weighted by Crippen LogP contribution is -2.32. The van der Waals surface area contributed by atoms with E-state index in [4.69, 9.17) is 9.47 Å². The summed E-state index contributed by atoms with van der Waals surface area (Å²) in [6.07, 6.45) is 5.77. The van der Waals surface area contributed by atoms with Crippen LogP contribution in [0.3, 0.4) is 0 Å². The maximum Gasteiger partial charge on any atom is 0.147 e. The minimum Gasteiger partial charge on any atom is -0.505 e. The number of benzene rings is 7. The second kappa shape index (κ2) is 15.7. The van der Waals surface area contributed by atoms with Crippen molar-refractivity contribution in [2.75, 3.05) is 0 Å². The largest absolute Gasteiger partial charge is 0.505 e. The van der Waals surface area contributed by atoms with Gasteiger partial charge in [0.05, 0.1) is 45.5 Å². The summed E-state index contributed by atoms with van der Waals surface area (Å²) < 4.78 is 17.8. The third-order valence-corrected chi connectivity index (χ3v) is 12.3. The molecule has 2 heterocycles. The van der Waals surface area contributed by atoms with Crippen molar-refractivity contribution in [2.24, 2.45) is 5.92 Å². The minimum atomic E-state index is -0.232. The lowest BCUT2D eigenvalue weighted by atomic mass is 9.99. The van der Waals surface area contributed by atoms with Crippen LogP contribution < -0.4 is 20.0 Å². The van der Waals surface area contributed by atoms with Crippen molar-refractivity contribution in [3.63, 3.8) is 0 Å². The number of rotatable bonds is 10. The van der Waals surface area contributed by atoms with E-state index in [0.717, 1.165) is 78.3 Å². The average molecular weight is 815 g/mol. The fraction of sp³-hybridized carbons (Fsp3) is 0.179.